The molecule has 1 N–H and O–H groups in total. The average molecular weight is 251 g/mol. The van der Waals surface area contributed by atoms with Crippen LogP contribution >= 0.6 is 0 Å². The minimum Gasteiger partial charge on any atom is -0.497 e. The largest absolute Gasteiger partial charge is 0.497 e. The molecule has 0 saturated heterocycles. The summed E-state index contributed by atoms with van der Waals surface area (Å²) in [4.78, 5) is 9.51. The van der Waals surface area contributed by atoms with E-state index in [1.54, 1.807) is 0 Å². The maximum atomic E-state index is 13.3. The van der Waals surface area contributed by atoms with Crippen molar-refractivity contribution in [2.75, 3.05) is 7.11 Å². The molecule has 0 radical (unpaired) electrons. The third kappa shape index (κ3) is 2.47. The number of benzene rings is 1. The molecule has 0 fully saturated rings. The lowest BCUT2D eigenvalue weighted by Gasteiger charge is -2.18. The van der Waals surface area contributed by atoms with E-state index >= 15 is 0 Å². The Morgan fingerprint density at radius 2 is 2.12 bits per heavy atom. The Labute approximate surface area is 93.6 Å². The van der Waals surface area contributed by atoms with E-state index in [2.05, 4.69) is 4.74 Å². The van der Waals surface area contributed by atoms with E-state index in [-0.39, 0.29) is 5.75 Å². The maximum absolute atomic E-state index is 13.3. The fourth-order valence-electron chi connectivity index (χ4n) is 1.20. The average Bonchev–Trinajstić information content (AvgIpc) is 2.27. The Morgan fingerprint density at radius 1 is 1.53 bits per heavy atom. The summed E-state index contributed by atoms with van der Waals surface area (Å²) in [7, 11) is 1.20. The monoisotopic (exact) mass is 251 g/mol. The lowest BCUT2D eigenvalue weighted by molar-refractivity contribution is -0.388. The van der Waals surface area contributed by atoms with Crippen LogP contribution in [0.2, 0.25) is 0 Å². The predicted molar refractivity (Wildman–Crippen MR) is 50.7 cm³/mol. The van der Waals surface area contributed by atoms with Crippen LogP contribution in [0, 0.1) is 10.1 Å². The van der Waals surface area contributed by atoms with Gasteiger partial charge in [-0.25, -0.2) is 13.2 Å². The standard InChI is InChI=1S/C9H8F3NO4/c1-17-5-2-3-6(7(4-5)13(15)16)9(12,14)8(10)11/h2-4,8,14H,1H3. The van der Waals surface area contributed by atoms with Gasteiger partial charge in [-0.15, -0.1) is 0 Å². The van der Waals surface area contributed by atoms with Crippen molar-refractivity contribution < 1.29 is 27.9 Å². The first kappa shape index (κ1) is 13.2. The molecule has 1 aromatic rings. The summed E-state index contributed by atoms with van der Waals surface area (Å²) in [6, 6.07) is 2.47. The quantitative estimate of drug-likeness (QED) is 0.656. The van der Waals surface area contributed by atoms with Gasteiger partial charge in [0.25, 0.3) is 5.69 Å². The molecule has 1 rings (SSSR count). The molecule has 0 aliphatic carbocycles. The van der Waals surface area contributed by atoms with Crippen LogP contribution in [0.5, 0.6) is 5.75 Å². The van der Waals surface area contributed by atoms with Crippen LogP contribution in [0.4, 0.5) is 18.9 Å². The highest BCUT2D eigenvalue weighted by Crippen LogP contribution is 2.37. The number of nitro benzene ring substituents is 1. The number of nitro groups is 1. The second-order valence-corrected chi connectivity index (χ2v) is 3.11. The highest BCUT2D eigenvalue weighted by Gasteiger charge is 2.45. The maximum Gasteiger partial charge on any atom is 0.301 e. The minimum absolute atomic E-state index is 0.00878. The van der Waals surface area contributed by atoms with Crippen molar-refractivity contribution in [1.29, 1.82) is 0 Å². The topological polar surface area (TPSA) is 72.6 Å². The van der Waals surface area contributed by atoms with Gasteiger partial charge in [0.2, 0.25) is 0 Å². The van der Waals surface area contributed by atoms with Gasteiger partial charge in [-0.3, -0.25) is 10.1 Å². The molecule has 0 aromatic heterocycles. The van der Waals surface area contributed by atoms with Gasteiger partial charge in [0, 0.05) is 0 Å². The van der Waals surface area contributed by atoms with Crippen molar-refractivity contribution >= 4 is 5.69 Å². The number of hydrogen-bond donors (Lipinski definition) is 1. The zero-order valence-corrected chi connectivity index (χ0v) is 8.56. The van der Waals surface area contributed by atoms with E-state index in [0.29, 0.717) is 6.07 Å². The molecule has 17 heavy (non-hydrogen) atoms. The van der Waals surface area contributed by atoms with Crippen LogP contribution in [-0.2, 0) is 5.85 Å². The summed E-state index contributed by atoms with van der Waals surface area (Å²) in [5, 5.41) is 19.5. The van der Waals surface area contributed by atoms with Crippen molar-refractivity contribution in [3.63, 3.8) is 0 Å². The molecule has 1 unspecified atom stereocenters. The highest BCUT2D eigenvalue weighted by atomic mass is 19.3. The van der Waals surface area contributed by atoms with E-state index in [0.717, 1.165) is 12.1 Å². The summed E-state index contributed by atoms with van der Waals surface area (Å²) < 4.78 is 42.4. The molecule has 8 heteroatoms. The molecular formula is C9H8F3NO4. The van der Waals surface area contributed by atoms with Gasteiger partial charge < -0.3 is 9.84 Å². The molecule has 0 aliphatic heterocycles. The van der Waals surface area contributed by atoms with E-state index in [1.165, 1.54) is 7.11 Å². The Hall–Kier alpha value is -1.83. The number of ether oxygens (including phenoxy) is 1. The third-order valence-electron chi connectivity index (χ3n) is 2.07. The molecule has 0 saturated carbocycles. The minimum atomic E-state index is -4.07. The molecule has 0 heterocycles. The number of aliphatic hydroxyl groups is 1. The summed E-state index contributed by atoms with van der Waals surface area (Å²) in [5.74, 6) is -4.08. The molecular weight excluding hydrogens is 243 g/mol. The number of rotatable bonds is 4. The van der Waals surface area contributed by atoms with Crippen LogP contribution < -0.4 is 4.74 Å². The zero-order valence-electron chi connectivity index (χ0n) is 8.56. The summed E-state index contributed by atoms with van der Waals surface area (Å²) in [5.41, 5.74) is -2.09. The first-order chi connectivity index (χ1) is 7.80. The van der Waals surface area contributed by atoms with Gasteiger partial charge in [0.15, 0.2) is 0 Å². The number of nitrogens with zero attached hydrogens (tertiary/aromatic N) is 1. The van der Waals surface area contributed by atoms with Crippen LogP contribution in [0.1, 0.15) is 5.56 Å². The van der Waals surface area contributed by atoms with E-state index < -0.39 is 28.5 Å². The Bertz CT molecular complexity index is 436. The Balaban J connectivity index is 3.38. The first-order valence-corrected chi connectivity index (χ1v) is 4.33. The van der Waals surface area contributed by atoms with Gasteiger partial charge >= 0.3 is 12.3 Å². The van der Waals surface area contributed by atoms with Gasteiger partial charge in [0.1, 0.15) is 5.75 Å². The normalized spacial score (nSPS) is 14.5. The van der Waals surface area contributed by atoms with Crippen molar-refractivity contribution in [2.24, 2.45) is 0 Å². The highest BCUT2D eigenvalue weighted by molar-refractivity contribution is 5.48. The first-order valence-electron chi connectivity index (χ1n) is 4.33. The van der Waals surface area contributed by atoms with Gasteiger partial charge in [-0.05, 0) is 12.1 Å². The number of hydrogen-bond acceptors (Lipinski definition) is 4. The lowest BCUT2D eigenvalue weighted by atomic mass is 10.1. The molecule has 0 spiro atoms. The number of alkyl halides is 3. The SMILES string of the molecule is COc1ccc(C(O)(F)C(F)F)c([N+](=O)[O-])c1. The van der Waals surface area contributed by atoms with Crippen LogP contribution in [-0.4, -0.2) is 23.6 Å². The van der Waals surface area contributed by atoms with Crippen molar-refractivity contribution in [3.8, 4) is 5.75 Å². The zero-order chi connectivity index (χ0) is 13.2. The molecule has 0 bridgehead atoms. The summed E-state index contributed by atoms with van der Waals surface area (Å²) in [6.45, 7) is 0. The van der Waals surface area contributed by atoms with E-state index in [9.17, 15) is 23.3 Å². The molecule has 0 amide bonds. The summed E-state index contributed by atoms with van der Waals surface area (Å²) >= 11 is 0. The van der Waals surface area contributed by atoms with E-state index in [1.807, 2.05) is 0 Å². The van der Waals surface area contributed by atoms with Crippen molar-refractivity contribution in [2.45, 2.75) is 12.3 Å². The van der Waals surface area contributed by atoms with Crippen LogP contribution in [0.3, 0.4) is 0 Å². The second kappa shape index (κ2) is 4.58. The van der Waals surface area contributed by atoms with Gasteiger partial charge in [-0.2, -0.15) is 0 Å². The Morgan fingerprint density at radius 3 is 2.53 bits per heavy atom. The Kier molecular flexibility index (Phi) is 3.56. The fourth-order valence-corrected chi connectivity index (χ4v) is 1.20. The fraction of sp³-hybridized carbons (Fsp3) is 0.333. The van der Waals surface area contributed by atoms with Crippen molar-refractivity contribution in [3.05, 3.63) is 33.9 Å². The van der Waals surface area contributed by atoms with Crippen molar-refractivity contribution in [1.82, 2.24) is 0 Å². The van der Waals surface area contributed by atoms with Crippen LogP contribution in [0.15, 0.2) is 18.2 Å². The molecule has 5 nitrogen and oxygen atoms in total. The predicted octanol–water partition coefficient (Wildman–Crippen LogP) is 1.98. The summed E-state index contributed by atoms with van der Waals surface area (Å²) in [6.07, 6.45) is -3.80. The smallest absolute Gasteiger partial charge is 0.301 e. The lowest BCUT2D eigenvalue weighted by Crippen LogP contribution is -2.29. The molecule has 94 valence electrons. The number of methoxy groups -OCH3 is 1. The van der Waals surface area contributed by atoms with Gasteiger partial charge in [-0.1, -0.05) is 0 Å². The third-order valence-corrected chi connectivity index (χ3v) is 2.07. The molecule has 1 atom stereocenters. The van der Waals surface area contributed by atoms with Crippen LogP contribution in [0.25, 0.3) is 0 Å². The number of halogens is 3. The molecule has 1 aromatic carbocycles. The van der Waals surface area contributed by atoms with Gasteiger partial charge in [0.05, 0.1) is 23.7 Å². The molecule has 0 aliphatic rings. The van der Waals surface area contributed by atoms with E-state index in [4.69, 9.17) is 5.11 Å². The second-order valence-electron chi connectivity index (χ2n) is 3.11.